The number of nitrogens with one attached hydrogen (secondary N) is 1. The number of β-amino-alcohol motifs (C(OH)–C–C–N with tert-alkyl or cyclic N) is 1. The van der Waals surface area contributed by atoms with Gasteiger partial charge in [-0.05, 0) is 61.4 Å². The van der Waals surface area contributed by atoms with Crippen molar-refractivity contribution in [1.29, 1.82) is 0 Å². The van der Waals surface area contributed by atoms with Crippen LogP contribution in [0.4, 0.5) is 17.1 Å². The minimum Gasteiger partial charge on any atom is -0.389 e. The Hall–Kier alpha value is -2.43. The lowest BCUT2D eigenvalue weighted by atomic mass is 10.1. The van der Waals surface area contributed by atoms with Crippen LogP contribution in [-0.2, 0) is 0 Å². The van der Waals surface area contributed by atoms with Crippen LogP contribution >= 0.6 is 11.8 Å². The lowest BCUT2D eigenvalue weighted by Crippen LogP contribution is -2.34. The van der Waals surface area contributed by atoms with Crippen LogP contribution in [0, 0.1) is 13.8 Å². The predicted octanol–water partition coefficient (Wildman–Crippen LogP) is 5.38. The fraction of sp³-hybridized carbons (Fsp3) is 0.217. The van der Waals surface area contributed by atoms with Gasteiger partial charge in [0.15, 0.2) is 0 Å². The summed E-state index contributed by atoms with van der Waals surface area (Å²) in [6.07, 6.45) is -0.490. The van der Waals surface area contributed by atoms with E-state index >= 15 is 0 Å². The van der Waals surface area contributed by atoms with E-state index in [0.29, 0.717) is 13.1 Å². The van der Waals surface area contributed by atoms with Gasteiger partial charge in [0.05, 0.1) is 24.0 Å². The monoisotopic (exact) mass is 376 g/mol. The molecule has 138 valence electrons. The first-order valence-electron chi connectivity index (χ1n) is 9.24. The summed E-state index contributed by atoms with van der Waals surface area (Å²) in [6.45, 7) is 5.27. The van der Waals surface area contributed by atoms with Crippen LogP contribution in [0.1, 0.15) is 11.1 Å². The Balaban J connectivity index is 1.51. The molecule has 27 heavy (non-hydrogen) atoms. The molecule has 0 aliphatic carbocycles. The number of nitrogens with zero attached hydrogens (tertiary/aromatic N) is 1. The SMILES string of the molecule is Cc1ccc(NCC(O)CN2c3ccccc3Sc3ccccc32)cc1C. The Morgan fingerprint density at radius 2 is 1.52 bits per heavy atom. The van der Waals surface area contributed by atoms with E-state index in [4.69, 9.17) is 0 Å². The van der Waals surface area contributed by atoms with Crippen molar-refractivity contribution >= 4 is 28.8 Å². The Bertz CT molecular complexity index is 911. The van der Waals surface area contributed by atoms with Gasteiger partial charge in [-0.1, -0.05) is 42.1 Å². The molecule has 3 aromatic carbocycles. The highest BCUT2D eigenvalue weighted by atomic mass is 32.2. The molecule has 3 aromatic rings. The van der Waals surface area contributed by atoms with Crippen molar-refractivity contribution in [2.45, 2.75) is 29.7 Å². The van der Waals surface area contributed by atoms with E-state index in [1.165, 1.54) is 20.9 Å². The van der Waals surface area contributed by atoms with Crippen LogP contribution in [0.15, 0.2) is 76.5 Å². The van der Waals surface area contributed by atoms with Gasteiger partial charge in [-0.3, -0.25) is 0 Å². The second-order valence-electron chi connectivity index (χ2n) is 6.98. The molecule has 1 heterocycles. The van der Waals surface area contributed by atoms with Gasteiger partial charge in [0.2, 0.25) is 0 Å². The molecule has 0 aromatic heterocycles. The van der Waals surface area contributed by atoms with E-state index < -0.39 is 6.10 Å². The Morgan fingerprint density at radius 3 is 2.15 bits per heavy atom. The maximum atomic E-state index is 10.7. The fourth-order valence-electron chi connectivity index (χ4n) is 3.34. The number of aliphatic hydroxyl groups is 1. The Labute approximate surface area is 165 Å². The second kappa shape index (κ2) is 7.67. The topological polar surface area (TPSA) is 35.5 Å². The number of benzene rings is 3. The summed E-state index contributed by atoms with van der Waals surface area (Å²) < 4.78 is 0. The quantitative estimate of drug-likeness (QED) is 0.627. The summed E-state index contributed by atoms with van der Waals surface area (Å²) in [6, 6.07) is 23.1. The zero-order chi connectivity index (χ0) is 18.8. The molecule has 1 aliphatic heterocycles. The largest absolute Gasteiger partial charge is 0.389 e. The molecular weight excluding hydrogens is 352 g/mol. The molecule has 4 rings (SSSR count). The normalized spacial score (nSPS) is 13.7. The van der Waals surface area contributed by atoms with E-state index in [1.54, 1.807) is 11.8 Å². The van der Waals surface area contributed by atoms with E-state index in [0.717, 1.165) is 17.1 Å². The van der Waals surface area contributed by atoms with Gasteiger partial charge < -0.3 is 15.3 Å². The molecule has 0 fully saturated rings. The lowest BCUT2D eigenvalue weighted by molar-refractivity contribution is 0.195. The average Bonchev–Trinajstić information content (AvgIpc) is 2.68. The second-order valence-corrected chi connectivity index (χ2v) is 8.07. The van der Waals surface area contributed by atoms with E-state index in [1.807, 2.05) is 0 Å². The van der Waals surface area contributed by atoms with Crippen LogP contribution in [-0.4, -0.2) is 24.3 Å². The third-order valence-electron chi connectivity index (χ3n) is 4.97. The first-order chi connectivity index (χ1) is 13.1. The van der Waals surface area contributed by atoms with E-state index in [2.05, 4.69) is 90.8 Å². The average molecular weight is 377 g/mol. The first kappa shape index (κ1) is 18.0. The molecule has 0 spiro atoms. The number of anilines is 3. The van der Waals surface area contributed by atoms with Gasteiger partial charge in [-0.25, -0.2) is 0 Å². The molecule has 4 heteroatoms. The third kappa shape index (κ3) is 3.82. The predicted molar refractivity (Wildman–Crippen MR) is 114 cm³/mol. The van der Waals surface area contributed by atoms with E-state index in [-0.39, 0.29) is 0 Å². The van der Waals surface area contributed by atoms with Crippen molar-refractivity contribution in [1.82, 2.24) is 0 Å². The third-order valence-corrected chi connectivity index (χ3v) is 6.10. The Morgan fingerprint density at radius 1 is 0.889 bits per heavy atom. The van der Waals surface area contributed by atoms with Crippen molar-refractivity contribution < 1.29 is 5.11 Å². The first-order valence-corrected chi connectivity index (χ1v) is 10.1. The van der Waals surface area contributed by atoms with Gasteiger partial charge in [0.1, 0.15) is 0 Å². The van der Waals surface area contributed by atoms with Gasteiger partial charge in [-0.15, -0.1) is 0 Å². The summed E-state index contributed by atoms with van der Waals surface area (Å²) in [5.41, 5.74) is 5.90. The highest BCUT2D eigenvalue weighted by Crippen LogP contribution is 2.47. The summed E-state index contributed by atoms with van der Waals surface area (Å²) >= 11 is 1.79. The summed E-state index contributed by atoms with van der Waals surface area (Å²) in [5.74, 6) is 0. The summed E-state index contributed by atoms with van der Waals surface area (Å²) in [4.78, 5) is 4.68. The van der Waals surface area contributed by atoms with Gasteiger partial charge in [-0.2, -0.15) is 0 Å². The number of hydrogen-bond donors (Lipinski definition) is 2. The van der Waals surface area contributed by atoms with Crippen LogP contribution in [0.5, 0.6) is 0 Å². The van der Waals surface area contributed by atoms with Gasteiger partial charge in [0.25, 0.3) is 0 Å². The number of hydrogen-bond acceptors (Lipinski definition) is 4. The molecule has 0 saturated heterocycles. The van der Waals surface area contributed by atoms with Crippen molar-refractivity contribution in [3.63, 3.8) is 0 Å². The molecule has 0 amide bonds. The van der Waals surface area contributed by atoms with Crippen molar-refractivity contribution in [2.75, 3.05) is 23.3 Å². The molecule has 2 N–H and O–H groups in total. The molecule has 1 aliphatic rings. The van der Waals surface area contributed by atoms with E-state index in [9.17, 15) is 5.11 Å². The number of fused-ring (bicyclic) bond motifs is 2. The molecule has 0 bridgehead atoms. The molecule has 0 radical (unpaired) electrons. The van der Waals surface area contributed by atoms with Crippen LogP contribution in [0.3, 0.4) is 0 Å². The number of rotatable bonds is 5. The molecule has 1 unspecified atom stereocenters. The highest BCUT2D eigenvalue weighted by Gasteiger charge is 2.24. The Kier molecular flexibility index (Phi) is 5.10. The fourth-order valence-corrected chi connectivity index (χ4v) is 4.44. The van der Waals surface area contributed by atoms with Crippen molar-refractivity contribution in [3.8, 4) is 0 Å². The number of para-hydroxylation sites is 2. The van der Waals surface area contributed by atoms with Crippen molar-refractivity contribution in [2.24, 2.45) is 0 Å². The van der Waals surface area contributed by atoms with Crippen molar-refractivity contribution in [3.05, 3.63) is 77.9 Å². The molecular formula is C23H24N2OS. The minimum atomic E-state index is -0.490. The van der Waals surface area contributed by atoms with Crippen LogP contribution in [0.2, 0.25) is 0 Å². The maximum absolute atomic E-state index is 10.7. The van der Waals surface area contributed by atoms with Gasteiger partial charge >= 0.3 is 0 Å². The zero-order valence-electron chi connectivity index (χ0n) is 15.6. The number of aryl methyl sites for hydroxylation is 2. The zero-order valence-corrected chi connectivity index (χ0v) is 16.5. The van der Waals surface area contributed by atoms with Gasteiger partial charge in [0, 0.05) is 22.0 Å². The van der Waals surface area contributed by atoms with Crippen LogP contribution < -0.4 is 10.2 Å². The summed E-state index contributed by atoms with van der Waals surface area (Å²) in [5, 5.41) is 14.1. The molecule has 0 saturated carbocycles. The summed E-state index contributed by atoms with van der Waals surface area (Å²) in [7, 11) is 0. The highest BCUT2D eigenvalue weighted by molar-refractivity contribution is 7.99. The maximum Gasteiger partial charge on any atom is 0.0891 e. The smallest absolute Gasteiger partial charge is 0.0891 e. The molecule has 1 atom stereocenters. The number of aliphatic hydroxyl groups excluding tert-OH is 1. The standard InChI is InChI=1S/C23H24N2OS/c1-16-11-12-18(13-17(16)2)24-14-19(26)15-25-20-7-3-5-9-22(20)27-23-10-6-4-8-21(23)25/h3-13,19,24,26H,14-15H2,1-2H3. The van der Waals surface area contributed by atoms with Crippen LogP contribution in [0.25, 0.3) is 0 Å². The molecule has 3 nitrogen and oxygen atoms in total. The minimum absolute atomic E-state index is 0.490. The lowest BCUT2D eigenvalue weighted by Gasteiger charge is -2.34.